The van der Waals surface area contributed by atoms with Crippen LogP contribution in [-0.4, -0.2) is 16.5 Å². The monoisotopic (exact) mass is 408 g/mol. The maximum Gasteiger partial charge on any atom is 0.229 e. The largest absolute Gasteiger partial charge is 0.440 e. The Hall–Kier alpha value is -3.44. The van der Waals surface area contributed by atoms with Gasteiger partial charge in [0, 0.05) is 17.8 Å². The van der Waals surface area contributed by atoms with Crippen LogP contribution < -0.4 is 10.6 Å². The lowest BCUT2D eigenvalue weighted by atomic mass is 10.1. The lowest BCUT2D eigenvalue weighted by Gasteiger charge is -2.10. The fourth-order valence-electron chi connectivity index (χ4n) is 2.49. The number of anilines is 3. The Bertz CT molecular complexity index is 1160. The van der Waals surface area contributed by atoms with E-state index in [1.807, 2.05) is 6.92 Å². The van der Waals surface area contributed by atoms with E-state index in [1.54, 1.807) is 49.5 Å². The molecule has 0 aliphatic rings. The summed E-state index contributed by atoms with van der Waals surface area (Å²) in [7, 11) is -1.77. The van der Waals surface area contributed by atoms with Gasteiger partial charge in [-0.2, -0.15) is 15.6 Å². The zero-order chi connectivity index (χ0) is 20.8. The maximum absolute atomic E-state index is 13.4. The maximum atomic E-state index is 13.4. The summed E-state index contributed by atoms with van der Waals surface area (Å²) in [5, 5.41) is 6.24. The molecule has 0 unspecified atom stereocenters. The van der Waals surface area contributed by atoms with Crippen LogP contribution in [0.3, 0.4) is 0 Å². The van der Waals surface area contributed by atoms with Gasteiger partial charge >= 0.3 is 0 Å². The Morgan fingerprint density at radius 3 is 2.59 bits per heavy atom. The van der Waals surface area contributed by atoms with Crippen molar-refractivity contribution < 1.29 is 8.60 Å². The number of hydrogen-bond acceptors (Lipinski definition) is 7. The van der Waals surface area contributed by atoms with E-state index in [0.29, 0.717) is 45.6 Å². The van der Waals surface area contributed by atoms with Gasteiger partial charge in [0.15, 0.2) is 0 Å². The van der Waals surface area contributed by atoms with Crippen LogP contribution >= 0.6 is 0 Å². The number of aromatic nitrogens is 2. The third-order valence-corrected chi connectivity index (χ3v) is 4.66. The summed E-state index contributed by atoms with van der Waals surface area (Å²) in [5.74, 6) is 6.74. The summed E-state index contributed by atoms with van der Waals surface area (Å²) < 4.78 is 31.8. The van der Waals surface area contributed by atoms with Gasteiger partial charge in [-0.25, -0.2) is 9.37 Å². The first kappa shape index (κ1) is 20.3. The summed E-state index contributed by atoms with van der Waals surface area (Å²) in [6.07, 6.45) is 1.62. The van der Waals surface area contributed by atoms with E-state index in [0.717, 1.165) is 0 Å². The van der Waals surface area contributed by atoms with E-state index in [9.17, 15) is 8.60 Å². The highest BCUT2D eigenvalue weighted by molar-refractivity contribution is 7.73. The molecule has 3 N–H and O–H groups in total. The average molecular weight is 408 g/mol. The van der Waals surface area contributed by atoms with Gasteiger partial charge in [-0.1, -0.05) is 28.9 Å². The smallest absolute Gasteiger partial charge is 0.229 e. The minimum Gasteiger partial charge on any atom is -0.440 e. The molecule has 6 nitrogen and oxygen atoms in total. The summed E-state index contributed by atoms with van der Waals surface area (Å²) in [6, 6.07) is 11.4. The van der Waals surface area contributed by atoms with E-state index in [2.05, 4.69) is 32.4 Å². The van der Waals surface area contributed by atoms with Crippen LogP contribution in [0.1, 0.15) is 23.6 Å². The zero-order valence-electron chi connectivity index (χ0n) is 15.9. The number of halogens is 1. The standard InChI is InChI=1S/C21H19FN5OS/c1-3-24-20-16(6-4-15-5-11-19(22)14(2)12-15)13-25-21(27-20)26-17-7-9-18(10-8-17)29(23)28/h5,7-13,23H,3H2,1-2H3,(H2,24,25,26,27)/q-1. The zero-order valence-corrected chi connectivity index (χ0v) is 16.7. The molecule has 3 rings (SSSR count). The second-order valence-corrected chi connectivity index (χ2v) is 7.13. The molecule has 0 amide bonds. The van der Waals surface area contributed by atoms with Crippen molar-refractivity contribution in [3.8, 4) is 11.8 Å². The van der Waals surface area contributed by atoms with Crippen LogP contribution in [0.25, 0.3) is 0 Å². The number of hydrogen-bond donors (Lipinski definition) is 3. The van der Waals surface area contributed by atoms with Gasteiger partial charge in [0.25, 0.3) is 0 Å². The van der Waals surface area contributed by atoms with Crippen LogP contribution in [-0.2, 0) is 14.8 Å². The average Bonchev–Trinajstić information content (AvgIpc) is 2.70. The van der Waals surface area contributed by atoms with E-state index in [1.165, 1.54) is 6.07 Å². The molecule has 1 aromatic heterocycles. The highest BCUT2D eigenvalue weighted by atomic mass is 32.2. The highest BCUT2D eigenvalue weighted by Gasteiger charge is 2.06. The summed E-state index contributed by atoms with van der Waals surface area (Å²) in [6.45, 7) is 4.31. The van der Waals surface area contributed by atoms with Gasteiger partial charge in [-0.15, -0.1) is 0 Å². The van der Waals surface area contributed by atoms with Gasteiger partial charge < -0.3 is 19.6 Å². The van der Waals surface area contributed by atoms with Crippen molar-refractivity contribution in [3.05, 3.63) is 71.2 Å². The van der Waals surface area contributed by atoms with Gasteiger partial charge in [0.05, 0.1) is 11.8 Å². The molecular formula is C21H19FN5OS-. The van der Waals surface area contributed by atoms with E-state index in [-0.39, 0.29) is 5.82 Å². The first-order valence-electron chi connectivity index (χ1n) is 8.85. The lowest BCUT2D eigenvalue weighted by molar-refractivity contribution is 0.599. The molecule has 0 aliphatic heterocycles. The normalized spacial score (nSPS) is 10.3. The van der Waals surface area contributed by atoms with Gasteiger partial charge in [0.1, 0.15) is 11.6 Å². The molecule has 29 heavy (non-hydrogen) atoms. The fourth-order valence-corrected chi connectivity index (χ4v) is 2.87. The molecular weight excluding hydrogens is 389 g/mol. The molecule has 8 heteroatoms. The SMILES string of the molecule is CCNc1nc(Nc2ccc([S-](=N)=O)cc2)ncc1C#Cc1ccc(F)c(C)c1. The fraction of sp³-hybridized carbons (Fsp3) is 0.143. The number of aryl methyl sites for hydroxylation is 1. The minimum absolute atomic E-state index is 0.260. The van der Waals surface area contributed by atoms with Crippen LogP contribution in [0.4, 0.5) is 21.8 Å². The minimum atomic E-state index is -1.77. The second-order valence-electron chi connectivity index (χ2n) is 6.12. The van der Waals surface area contributed by atoms with Crippen LogP contribution in [0.5, 0.6) is 0 Å². The third kappa shape index (κ3) is 5.30. The Morgan fingerprint density at radius 1 is 1.17 bits per heavy atom. The Labute approximate surface area is 170 Å². The molecule has 0 fully saturated rings. The molecule has 3 aromatic rings. The van der Waals surface area contributed by atoms with Gasteiger partial charge in [0.2, 0.25) is 5.95 Å². The Morgan fingerprint density at radius 2 is 1.93 bits per heavy atom. The molecule has 0 saturated carbocycles. The van der Waals surface area contributed by atoms with Crippen LogP contribution in [0.2, 0.25) is 0 Å². The summed E-state index contributed by atoms with van der Waals surface area (Å²) in [5.41, 5.74) is 2.58. The molecule has 1 heterocycles. The predicted molar refractivity (Wildman–Crippen MR) is 112 cm³/mol. The summed E-state index contributed by atoms with van der Waals surface area (Å²) in [4.78, 5) is 9.19. The van der Waals surface area contributed by atoms with Crippen molar-refractivity contribution in [3.63, 3.8) is 0 Å². The highest BCUT2D eigenvalue weighted by Crippen LogP contribution is 2.18. The molecule has 0 bridgehead atoms. The number of rotatable bonds is 5. The number of nitrogens with zero attached hydrogens (tertiary/aromatic N) is 2. The number of nitrogens with one attached hydrogen (secondary N) is 3. The quantitative estimate of drug-likeness (QED) is 0.424. The van der Waals surface area contributed by atoms with Gasteiger partial charge in [-0.3, -0.25) is 0 Å². The molecule has 0 spiro atoms. The molecule has 0 atom stereocenters. The first-order valence-corrected chi connectivity index (χ1v) is 10.0. The van der Waals surface area contributed by atoms with Gasteiger partial charge in [-0.05, 0) is 49.7 Å². The number of benzene rings is 2. The molecule has 2 aromatic carbocycles. The third-order valence-electron chi connectivity index (χ3n) is 3.96. The Kier molecular flexibility index (Phi) is 6.42. The lowest BCUT2D eigenvalue weighted by Crippen LogP contribution is -2.06. The van der Waals surface area contributed by atoms with E-state index in [4.69, 9.17) is 4.78 Å². The topological polar surface area (TPSA) is 90.8 Å². The molecule has 0 saturated heterocycles. The molecule has 0 aliphatic carbocycles. The van der Waals surface area contributed by atoms with Crippen molar-refractivity contribution in [2.75, 3.05) is 17.2 Å². The van der Waals surface area contributed by atoms with E-state index >= 15 is 0 Å². The van der Waals surface area contributed by atoms with E-state index < -0.39 is 10.6 Å². The Balaban J connectivity index is 1.85. The predicted octanol–water partition coefficient (Wildman–Crippen LogP) is 4.58. The first-order chi connectivity index (χ1) is 14.0. The van der Waals surface area contributed by atoms with Crippen molar-refractivity contribution >= 4 is 28.0 Å². The second kappa shape index (κ2) is 9.17. The molecule has 148 valence electrons. The van der Waals surface area contributed by atoms with Crippen molar-refractivity contribution in [1.82, 2.24) is 9.97 Å². The van der Waals surface area contributed by atoms with Crippen LogP contribution in [0, 0.1) is 29.4 Å². The van der Waals surface area contributed by atoms with Crippen molar-refractivity contribution in [2.45, 2.75) is 18.7 Å². The summed E-state index contributed by atoms with van der Waals surface area (Å²) >= 11 is 0. The van der Waals surface area contributed by atoms with Crippen molar-refractivity contribution in [1.29, 1.82) is 4.78 Å². The van der Waals surface area contributed by atoms with Crippen molar-refractivity contribution in [2.24, 2.45) is 0 Å². The van der Waals surface area contributed by atoms with Crippen LogP contribution in [0.15, 0.2) is 53.6 Å². The molecule has 0 radical (unpaired) electrons.